The highest BCUT2D eigenvalue weighted by Crippen LogP contribution is 2.17. The van der Waals surface area contributed by atoms with E-state index in [9.17, 15) is 9.18 Å². The SMILES string of the molecule is CSc1nccc(N2CCN(C(=O)Cn3nc(CF)c(C)c3C)CC2)n1. The van der Waals surface area contributed by atoms with Crippen LogP contribution in [0.1, 0.15) is 17.0 Å². The maximum atomic E-state index is 12.9. The van der Waals surface area contributed by atoms with E-state index >= 15 is 0 Å². The average Bonchev–Trinajstić information content (AvgIpc) is 2.96. The summed E-state index contributed by atoms with van der Waals surface area (Å²) in [7, 11) is 0. The molecule has 7 nitrogen and oxygen atoms in total. The molecule has 1 fully saturated rings. The monoisotopic (exact) mass is 378 g/mol. The number of rotatable bonds is 5. The number of nitrogens with zero attached hydrogens (tertiary/aromatic N) is 6. The van der Waals surface area contributed by atoms with E-state index in [1.165, 1.54) is 11.8 Å². The van der Waals surface area contributed by atoms with Crippen molar-refractivity contribution in [2.75, 3.05) is 37.3 Å². The van der Waals surface area contributed by atoms with E-state index in [2.05, 4.69) is 20.0 Å². The molecule has 0 spiro atoms. The molecule has 0 N–H and O–H groups in total. The zero-order valence-electron chi connectivity index (χ0n) is 15.3. The second kappa shape index (κ2) is 8.03. The molecule has 140 valence electrons. The number of thioether (sulfide) groups is 1. The summed E-state index contributed by atoms with van der Waals surface area (Å²) in [4.78, 5) is 25.3. The highest BCUT2D eigenvalue weighted by Gasteiger charge is 2.23. The van der Waals surface area contributed by atoms with Crippen LogP contribution in [0.15, 0.2) is 17.4 Å². The van der Waals surface area contributed by atoms with Crippen molar-refractivity contribution in [1.82, 2.24) is 24.6 Å². The van der Waals surface area contributed by atoms with Gasteiger partial charge in [-0.3, -0.25) is 9.48 Å². The van der Waals surface area contributed by atoms with Gasteiger partial charge in [-0.25, -0.2) is 14.4 Å². The van der Waals surface area contributed by atoms with Crippen LogP contribution in [-0.2, 0) is 18.0 Å². The number of hydrogen-bond donors (Lipinski definition) is 0. The minimum Gasteiger partial charge on any atom is -0.353 e. The quantitative estimate of drug-likeness (QED) is 0.584. The molecule has 1 aliphatic heterocycles. The zero-order valence-corrected chi connectivity index (χ0v) is 16.1. The molecule has 1 saturated heterocycles. The van der Waals surface area contributed by atoms with Gasteiger partial charge in [0.05, 0.1) is 5.69 Å². The lowest BCUT2D eigenvalue weighted by Gasteiger charge is -2.35. The van der Waals surface area contributed by atoms with E-state index < -0.39 is 6.67 Å². The van der Waals surface area contributed by atoms with Crippen molar-refractivity contribution in [3.05, 3.63) is 29.2 Å². The summed E-state index contributed by atoms with van der Waals surface area (Å²) in [6, 6.07) is 1.89. The Morgan fingerprint density at radius 2 is 2.00 bits per heavy atom. The zero-order chi connectivity index (χ0) is 18.7. The van der Waals surface area contributed by atoms with Crippen LogP contribution in [0, 0.1) is 13.8 Å². The number of halogens is 1. The van der Waals surface area contributed by atoms with E-state index in [-0.39, 0.29) is 12.5 Å². The van der Waals surface area contributed by atoms with Crippen LogP contribution in [-0.4, -0.2) is 63.0 Å². The third-order valence-electron chi connectivity index (χ3n) is 4.77. The largest absolute Gasteiger partial charge is 0.353 e. The first-order valence-electron chi connectivity index (χ1n) is 8.52. The molecule has 26 heavy (non-hydrogen) atoms. The van der Waals surface area contributed by atoms with Crippen molar-refractivity contribution in [2.24, 2.45) is 0 Å². The fourth-order valence-electron chi connectivity index (χ4n) is 3.00. The summed E-state index contributed by atoms with van der Waals surface area (Å²) in [5.74, 6) is 0.899. The lowest BCUT2D eigenvalue weighted by molar-refractivity contribution is -0.132. The van der Waals surface area contributed by atoms with Crippen LogP contribution >= 0.6 is 11.8 Å². The third-order valence-corrected chi connectivity index (χ3v) is 5.34. The number of piperazine rings is 1. The van der Waals surface area contributed by atoms with E-state index in [0.717, 1.165) is 35.3 Å². The molecule has 0 unspecified atom stereocenters. The molecule has 2 aromatic heterocycles. The summed E-state index contributed by atoms with van der Waals surface area (Å²) in [5.41, 5.74) is 2.07. The van der Waals surface area contributed by atoms with Crippen molar-refractivity contribution in [1.29, 1.82) is 0 Å². The maximum Gasteiger partial charge on any atom is 0.244 e. The minimum absolute atomic E-state index is 0.00754. The number of hydrogen-bond acceptors (Lipinski definition) is 6. The first kappa shape index (κ1) is 18.6. The standard InChI is InChI=1S/C17H23FN6OS/c1-12-13(2)24(21-14(12)10-18)11-16(25)23-8-6-22(7-9-23)15-4-5-19-17(20-15)26-3/h4-5H,6-11H2,1-3H3. The average molecular weight is 378 g/mol. The van der Waals surface area contributed by atoms with E-state index in [1.807, 2.05) is 31.1 Å². The highest BCUT2D eigenvalue weighted by atomic mass is 32.2. The molecule has 0 atom stereocenters. The summed E-state index contributed by atoms with van der Waals surface area (Å²) < 4.78 is 14.5. The van der Waals surface area contributed by atoms with Gasteiger partial charge in [0, 0.05) is 38.1 Å². The van der Waals surface area contributed by atoms with E-state index in [1.54, 1.807) is 10.9 Å². The van der Waals surface area contributed by atoms with Gasteiger partial charge >= 0.3 is 0 Å². The number of carbonyl (C=O) groups excluding carboxylic acids is 1. The van der Waals surface area contributed by atoms with Gasteiger partial charge < -0.3 is 9.80 Å². The predicted octanol–water partition coefficient (Wildman–Crippen LogP) is 1.83. The number of amides is 1. The Morgan fingerprint density at radius 3 is 2.62 bits per heavy atom. The van der Waals surface area contributed by atoms with Gasteiger partial charge in [0.25, 0.3) is 0 Å². The van der Waals surface area contributed by atoms with Crippen LogP contribution < -0.4 is 4.90 Å². The van der Waals surface area contributed by atoms with Gasteiger partial charge in [-0.05, 0) is 31.7 Å². The molecule has 0 aliphatic carbocycles. The van der Waals surface area contributed by atoms with Gasteiger partial charge in [-0.1, -0.05) is 11.8 Å². The lowest BCUT2D eigenvalue weighted by atomic mass is 10.2. The fourth-order valence-corrected chi connectivity index (χ4v) is 3.35. The van der Waals surface area contributed by atoms with Gasteiger partial charge in [0.15, 0.2) is 5.16 Å². The summed E-state index contributed by atoms with van der Waals surface area (Å²) >= 11 is 1.51. The Kier molecular flexibility index (Phi) is 5.75. The third kappa shape index (κ3) is 3.82. The normalized spacial score (nSPS) is 14.8. The molecular formula is C17H23FN6OS. The van der Waals surface area contributed by atoms with Crippen molar-refractivity contribution >= 4 is 23.5 Å². The fraction of sp³-hybridized carbons (Fsp3) is 0.529. The molecule has 0 aromatic carbocycles. The smallest absolute Gasteiger partial charge is 0.244 e. The Labute approximate surface area is 156 Å². The molecule has 0 bridgehead atoms. The van der Waals surface area contributed by atoms with Crippen LogP contribution in [0.4, 0.5) is 10.2 Å². The Bertz CT molecular complexity index is 788. The predicted molar refractivity (Wildman–Crippen MR) is 99.1 cm³/mol. The summed E-state index contributed by atoms with van der Waals surface area (Å²) in [6.07, 6.45) is 3.71. The number of anilines is 1. The molecule has 0 saturated carbocycles. The second-order valence-corrected chi connectivity index (χ2v) is 6.99. The van der Waals surface area contributed by atoms with Crippen LogP contribution in [0.5, 0.6) is 0 Å². The number of alkyl halides is 1. The van der Waals surface area contributed by atoms with Crippen molar-refractivity contribution in [2.45, 2.75) is 32.2 Å². The Balaban J connectivity index is 1.60. The van der Waals surface area contributed by atoms with Crippen molar-refractivity contribution in [3.63, 3.8) is 0 Å². The molecule has 3 rings (SSSR count). The van der Waals surface area contributed by atoms with Crippen molar-refractivity contribution < 1.29 is 9.18 Å². The van der Waals surface area contributed by atoms with Gasteiger partial charge in [-0.2, -0.15) is 5.10 Å². The van der Waals surface area contributed by atoms with Gasteiger partial charge in [0.2, 0.25) is 5.91 Å². The van der Waals surface area contributed by atoms with Crippen molar-refractivity contribution in [3.8, 4) is 0 Å². The topological polar surface area (TPSA) is 67.2 Å². The van der Waals surface area contributed by atoms with Gasteiger partial charge in [0.1, 0.15) is 19.0 Å². The van der Waals surface area contributed by atoms with E-state index in [0.29, 0.717) is 18.8 Å². The van der Waals surface area contributed by atoms with Crippen LogP contribution in [0.3, 0.4) is 0 Å². The Morgan fingerprint density at radius 1 is 1.27 bits per heavy atom. The molecule has 1 aliphatic rings. The lowest BCUT2D eigenvalue weighted by Crippen LogP contribution is -2.50. The first-order chi connectivity index (χ1) is 12.5. The highest BCUT2D eigenvalue weighted by molar-refractivity contribution is 7.98. The van der Waals surface area contributed by atoms with Crippen LogP contribution in [0.2, 0.25) is 0 Å². The summed E-state index contributed by atoms with van der Waals surface area (Å²) in [6.45, 7) is 5.96. The van der Waals surface area contributed by atoms with Crippen LogP contribution in [0.25, 0.3) is 0 Å². The second-order valence-electron chi connectivity index (χ2n) is 6.22. The molecule has 3 heterocycles. The van der Waals surface area contributed by atoms with E-state index in [4.69, 9.17) is 0 Å². The number of carbonyl (C=O) groups is 1. The molecular weight excluding hydrogens is 355 g/mol. The Hall–Kier alpha value is -2.16. The molecule has 2 aromatic rings. The molecule has 1 amide bonds. The first-order valence-corrected chi connectivity index (χ1v) is 9.74. The summed E-state index contributed by atoms with van der Waals surface area (Å²) in [5, 5.41) is 4.95. The number of aromatic nitrogens is 4. The maximum absolute atomic E-state index is 12.9. The van der Waals surface area contributed by atoms with Gasteiger partial charge in [-0.15, -0.1) is 0 Å². The molecule has 9 heteroatoms. The molecule has 0 radical (unpaired) electrons. The minimum atomic E-state index is -0.608.